The third-order valence-corrected chi connectivity index (χ3v) is 3.20. The van der Waals surface area contributed by atoms with Crippen molar-refractivity contribution in [3.63, 3.8) is 0 Å². The predicted octanol–water partition coefficient (Wildman–Crippen LogP) is 2.19. The Hall–Kier alpha value is -1.33. The molecule has 1 aromatic heterocycles. The lowest BCUT2D eigenvalue weighted by molar-refractivity contribution is 0.0931. The molecule has 0 aliphatic heterocycles. The molecular weight excluding hydrogens is 252 g/mol. The smallest absolute Gasteiger partial charge is 0.271 e. The highest BCUT2D eigenvalue weighted by Gasteiger charge is 2.19. The summed E-state index contributed by atoms with van der Waals surface area (Å²) in [7, 11) is 0. The molecule has 100 valence electrons. The number of nitrogens with one attached hydrogen (secondary N) is 2. The number of amides is 1. The van der Waals surface area contributed by atoms with Crippen LogP contribution in [0, 0.1) is 5.41 Å². The number of hydrazine groups is 1. The number of rotatable bonds is 5. The summed E-state index contributed by atoms with van der Waals surface area (Å²) in [6.45, 7) is 6.82. The first-order valence-corrected chi connectivity index (χ1v) is 6.19. The Balaban J connectivity index is 2.78. The fourth-order valence-electron chi connectivity index (χ4n) is 1.21. The van der Waals surface area contributed by atoms with Crippen molar-refractivity contribution in [1.82, 2.24) is 10.3 Å². The van der Waals surface area contributed by atoms with Crippen LogP contribution in [0.1, 0.15) is 37.7 Å². The number of nitrogens with two attached hydrogens (primary N) is 1. The monoisotopic (exact) mass is 270 g/mol. The van der Waals surface area contributed by atoms with Gasteiger partial charge < -0.3 is 10.7 Å². The molecule has 6 heteroatoms. The highest BCUT2D eigenvalue weighted by Crippen LogP contribution is 2.19. The van der Waals surface area contributed by atoms with E-state index in [1.165, 1.54) is 0 Å². The van der Waals surface area contributed by atoms with Gasteiger partial charge in [0.15, 0.2) is 0 Å². The van der Waals surface area contributed by atoms with Gasteiger partial charge >= 0.3 is 0 Å². The van der Waals surface area contributed by atoms with Crippen molar-refractivity contribution in [3.05, 3.63) is 22.8 Å². The van der Waals surface area contributed by atoms with E-state index < -0.39 is 0 Å². The van der Waals surface area contributed by atoms with Crippen molar-refractivity contribution in [1.29, 1.82) is 0 Å². The lowest BCUT2D eigenvalue weighted by Crippen LogP contribution is -2.34. The molecule has 1 rings (SSSR count). The first kappa shape index (κ1) is 14.7. The summed E-state index contributed by atoms with van der Waals surface area (Å²) in [6, 6.07) is 3.19. The summed E-state index contributed by atoms with van der Waals surface area (Å²) in [5.74, 6) is 5.36. The number of nitrogens with zero attached hydrogens (tertiary/aromatic N) is 1. The minimum Gasteiger partial charge on any atom is -0.350 e. The number of anilines is 1. The van der Waals surface area contributed by atoms with Crippen molar-refractivity contribution >= 4 is 23.3 Å². The highest BCUT2D eigenvalue weighted by molar-refractivity contribution is 6.33. The van der Waals surface area contributed by atoms with Crippen molar-refractivity contribution in [2.75, 3.05) is 12.0 Å². The summed E-state index contributed by atoms with van der Waals surface area (Å²) >= 11 is 5.94. The van der Waals surface area contributed by atoms with Crippen molar-refractivity contribution in [2.24, 2.45) is 11.3 Å². The van der Waals surface area contributed by atoms with Crippen LogP contribution in [-0.2, 0) is 0 Å². The quantitative estimate of drug-likeness (QED) is 0.566. The maximum absolute atomic E-state index is 12.0. The van der Waals surface area contributed by atoms with Gasteiger partial charge in [-0.15, -0.1) is 0 Å². The lowest BCUT2D eigenvalue weighted by atomic mass is 9.90. The Kier molecular flexibility index (Phi) is 4.93. The molecule has 0 saturated heterocycles. The first-order chi connectivity index (χ1) is 8.39. The van der Waals surface area contributed by atoms with E-state index in [-0.39, 0.29) is 17.0 Å². The molecule has 0 atom stereocenters. The summed E-state index contributed by atoms with van der Waals surface area (Å²) in [6.07, 6.45) is 0.971. The van der Waals surface area contributed by atoms with Crippen LogP contribution in [0.15, 0.2) is 12.1 Å². The number of aromatic nitrogens is 1. The second kappa shape index (κ2) is 6.02. The number of halogens is 1. The molecule has 4 N–H and O–H groups in total. The molecule has 0 aromatic carbocycles. The Morgan fingerprint density at radius 3 is 2.72 bits per heavy atom. The SMILES string of the molecule is CCC(C)(C)CNC(=O)c1nc(NN)ccc1Cl. The Morgan fingerprint density at radius 1 is 1.50 bits per heavy atom. The molecule has 0 bridgehead atoms. The molecule has 0 fully saturated rings. The molecule has 0 saturated carbocycles. The van der Waals surface area contributed by atoms with Crippen LogP contribution in [-0.4, -0.2) is 17.4 Å². The molecule has 18 heavy (non-hydrogen) atoms. The fourth-order valence-corrected chi connectivity index (χ4v) is 1.40. The van der Waals surface area contributed by atoms with Crippen LogP contribution in [0.2, 0.25) is 5.02 Å². The van der Waals surface area contributed by atoms with Gasteiger partial charge in [-0.2, -0.15) is 0 Å². The van der Waals surface area contributed by atoms with E-state index in [0.717, 1.165) is 6.42 Å². The van der Waals surface area contributed by atoms with Crippen LogP contribution >= 0.6 is 11.6 Å². The maximum Gasteiger partial charge on any atom is 0.271 e. The molecule has 0 unspecified atom stereocenters. The van der Waals surface area contributed by atoms with Gasteiger partial charge in [-0.25, -0.2) is 10.8 Å². The van der Waals surface area contributed by atoms with Crippen molar-refractivity contribution < 1.29 is 4.79 Å². The van der Waals surface area contributed by atoms with E-state index >= 15 is 0 Å². The minimum atomic E-state index is -0.293. The standard InChI is InChI=1S/C12H19ClN4O/c1-4-12(2,3)7-15-11(18)10-8(13)5-6-9(16-10)17-14/h5-6H,4,7,14H2,1-3H3,(H,15,18)(H,16,17). The molecule has 0 aliphatic carbocycles. The lowest BCUT2D eigenvalue weighted by Gasteiger charge is -2.22. The van der Waals surface area contributed by atoms with Gasteiger partial charge in [0.05, 0.1) is 5.02 Å². The van der Waals surface area contributed by atoms with Gasteiger partial charge in [-0.05, 0) is 24.0 Å². The zero-order valence-corrected chi connectivity index (χ0v) is 11.6. The van der Waals surface area contributed by atoms with Gasteiger partial charge in [0.1, 0.15) is 11.5 Å². The van der Waals surface area contributed by atoms with E-state index in [0.29, 0.717) is 17.4 Å². The van der Waals surface area contributed by atoms with Crippen LogP contribution < -0.4 is 16.6 Å². The third kappa shape index (κ3) is 3.85. The number of nitrogen functional groups attached to an aromatic ring is 1. The highest BCUT2D eigenvalue weighted by atomic mass is 35.5. The van der Waals surface area contributed by atoms with Gasteiger partial charge in [0.25, 0.3) is 5.91 Å². The largest absolute Gasteiger partial charge is 0.350 e. The van der Waals surface area contributed by atoms with Crippen LogP contribution in [0.4, 0.5) is 5.82 Å². The average Bonchev–Trinajstić information content (AvgIpc) is 2.36. The Labute approximate surface area is 112 Å². The number of pyridine rings is 1. The van der Waals surface area contributed by atoms with E-state index in [2.05, 4.69) is 36.5 Å². The van der Waals surface area contributed by atoms with Gasteiger partial charge in [-0.1, -0.05) is 32.4 Å². The summed E-state index contributed by atoms with van der Waals surface area (Å²) in [4.78, 5) is 16.0. The van der Waals surface area contributed by atoms with Crippen LogP contribution in [0.25, 0.3) is 0 Å². The molecule has 5 nitrogen and oxygen atoms in total. The minimum absolute atomic E-state index is 0.0475. The normalized spacial score (nSPS) is 11.2. The second-order valence-corrected chi connectivity index (χ2v) is 5.28. The Bertz CT molecular complexity index is 434. The van der Waals surface area contributed by atoms with Crippen LogP contribution in [0.5, 0.6) is 0 Å². The van der Waals surface area contributed by atoms with Crippen molar-refractivity contribution in [2.45, 2.75) is 27.2 Å². The van der Waals surface area contributed by atoms with E-state index in [4.69, 9.17) is 17.4 Å². The zero-order valence-electron chi connectivity index (χ0n) is 10.9. The van der Waals surface area contributed by atoms with Gasteiger partial charge in [-0.3, -0.25) is 4.79 Å². The summed E-state index contributed by atoms with van der Waals surface area (Å²) in [5.41, 5.74) is 2.61. The van der Waals surface area contributed by atoms with Gasteiger partial charge in [0, 0.05) is 6.54 Å². The van der Waals surface area contributed by atoms with E-state index in [1.807, 2.05) is 0 Å². The molecule has 1 heterocycles. The van der Waals surface area contributed by atoms with E-state index in [9.17, 15) is 4.79 Å². The molecular formula is C12H19ClN4O. The average molecular weight is 271 g/mol. The number of hydrogen-bond acceptors (Lipinski definition) is 4. The molecule has 1 aromatic rings. The zero-order chi connectivity index (χ0) is 13.8. The van der Waals surface area contributed by atoms with Crippen molar-refractivity contribution in [3.8, 4) is 0 Å². The molecule has 0 radical (unpaired) electrons. The van der Waals surface area contributed by atoms with E-state index in [1.54, 1.807) is 12.1 Å². The summed E-state index contributed by atoms with van der Waals surface area (Å²) < 4.78 is 0. The number of carbonyl (C=O) groups is 1. The molecule has 0 spiro atoms. The molecule has 1 amide bonds. The maximum atomic E-state index is 12.0. The molecule has 0 aliphatic rings. The predicted molar refractivity (Wildman–Crippen MR) is 73.5 cm³/mol. The Morgan fingerprint density at radius 2 is 2.17 bits per heavy atom. The third-order valence-electron chi connectivity index (χ3n) is 2.89. The number of hydrogen-bond donors (Lipinski definition) is 3. The van der Waals surface area contributed by atoms with Crippen LogP contribution in [0.3, 0.4) is 0 Å². The second-order valence-electron chi connectivity index (χ2n) is 4.87. The number of carbonyl (C=O) groups excluding carboxylic acids is 1. The van der Waals surface area contributed by atoms with Gasteiger partial charge in [0.2, 0.25) is 0 Å². The first-order valence-electron chi connectivity index (χ1n) is 5.81. The fraction of sp³-hybridized carbons (Fsp3) is 0.500. The summed E-state index contributed by atoms with van der Waals surface area (Å²) in [5, 5.41) is 3.13. The topological polar surface area (TPSA) is 80.0 Å².